The van der Waals surface area contributed by atoms with E-state index in [1.54, 1.807) is 13.8 Å². The van der Waals surface area contributed by atoms with Crippen molar-refractivity contribution in [2.45, 2.75) is 71.0 Å². The number of Topliss-reactive ketones (excluding diaryl/α,β-unsaturated/α-hetero) is 1. The maximum Gasteiger partial charge on any atom is 0.309 e. The number of sulfone groups is 1. The molecule has 0 amide bonds. The third kappa shape index (κ3) is 7.05. The summed E-state index contributed by atoms with van der Waals surface area (Å²) in [5.74, 6) is 0.672. The number of carbonyl (C=O) groups excluding carboxylic acids is 2. The number of carbonyl (C=O) groups is 2. The maximum atomic E-state index is 12.8. The molecular formula is C26H39NO5S. The van der Waals surface area contributed by atoms with E-state index in [9.17, 15) is 18.0 Å². The Bertz CT molecular complexity index is 893. The molecule has 7 heteroatoms. The van der Waals surface area contributed by atoms with Crippen LogP contribution >= 0.6 is 0 Å². The van der Waals surface area contributed by atoms with Crippen LogP contribution < -0.4 is 4.90 Å². The van der Waals surface area contributed by atoms with Gasteiger partial charge in [-0.15, -0.1) is 0 Å². The van der Waals surface area contributed by atoms with Gasteiger partial charge in [0, 0.05) is 31.1 Å². The van der Waals surface area contributed by atoms with Crippen molar-refractivity contribution in [1.29, 1.82) is 0 Å². The first-order valence-corrected chi connectivity index (χ1v) is 14.2. The summed E-state index contributed by atoms with van der Waals surface area (Å²) in [5, 5.41) is -0.330. The molecule has 0 N–H and O–H groups in total. The largest absolute Gasteiger partial charge is 0.466 e. The number of ketones is 1. The van der Waals surface area contributed by atoms with Gasteiger partial charge in [0.15, 0.2) is 9.84 Å². The Morgan fingerprint density at radius 3 is 2.12 bits per heavy atom. The summed E-state index contributed by atoms with van der Waals surface area (Å²) in [7, 11) is -3.02. The summed E-state index contributed by atoms with van der Waals surface area (Å²) in [6, 6.07) is 8.21. The second-order valence-electron chi connectivity index (χ2n) is 9.92. The van der Waals surface area contributed by atoms with Crippen molar-refractivity contribution in [3.63, 3.8) is 0 Å². The minimum absolute atomic E-state index is 0.00123. The van der Waals surface area contributed by atoms with E-state index in [2.05, 4.69) is 17.0 Å². The first kappa shape index (κ1) is 25.7. The second kappa shape index (κ2) is 11.5. The van der Waals surface area contributed by atoms with Crippen LogP contribution in [-0.4, -0.2) is 50.9 Å². The number of benzene rings is 1. The van der Waals surface area contributed by atoms with Crippen molar-refractivity contribution in [2.75, 3.05) is 30.3 Å². The van der Waals surface area contributed by atoms with E-state index < -0.39 is 9.84 Å². The molecule has 1 aromatic carbocycles. The highest BCUT2D eigenvalue weighted by Crippen LogP contribution is 2.32. The highest BCUT2D eigenvalue weighted by molar-refractivity contribution is 7.91. The average Bonchev–Trinajstić information content (AvgIpc) is 2.80. The fraction of sp³-hybridized carbons (Fsp3) is 0.692. The van der Waals surface area contributed by atoms with E-state index in [0.29, 0.717) is 13.0 Å². The Morgan fingerprint density at radius 1 is 0.970 bits per heavy atom. The number of ether oxygens (including phenoxy) is 1. The van der Waals surface area contributed by atoms with Gasteiger partial charge in [-0.2, -0.15) is 0 Å². The minimum Gasteiger partial charge on any atom is -0.466 e. The van der Waals surface area contributed by atoms with Crippen LogP contribution in [0.15, 0.2) is 24.3 Å². The Hall–Kier alpha value is -1.89. The summed E-state index contributed by atoms with van der Waals surface area (Å²) < 4.78 is 29.5. The monoisotopic (exact) mass is 477 g/mol. The van der Waals surface area contributed by atoms with E-state index in [1.807, 2.05) is 19.1 Å². The van der Waals surface area contributed by atoms with E-state index in [1.165, 1.54) is 0 Å². The molecule has 0 atom stereocenters. The Labute approximate surface area is 199 Å². The van der Waals surface area contributed by atoms with Gasteiger partial charge in [-0.1, -0.05) is 12.1 Å². The van der Waals surface area contributed by atoms with E-state index >= 15 is 0 Å². The van der Waals surface area contributed by atoms with Crippen molar-refractivity contribution in [3.8, 4) is 0 Å². The normalized spacial score (nSPS) is 22.4. The quantitative estimate of drug-likeness (QED) is 0.496. The molecule has 1 saturated carbocycles. The molecule has 2 fully saturated rings. The van der Waals surface area contributed by atoms with Gasteiger partial charge in [-0.05, 0) is 82.9 Å². The van der Waals surface area contributed by atoms with Gasteiger partial charge >= 0.3 is 5.97 Å². The SMILES string of the molecule is CCOC(=O)C1CCN(c2ccc(CC(=O)C3CCC(CS(=O)(=O)C(C)C)CC3)cc2)CC1. The first-order chi connectivity index (χ1) is 15.7. The van der Waals surface area contributed by atoms with E-state index in [-0.39, 0.29) is 40.5 Å². The summed E-state index contributed by atoms with van der Waals surface area (Å²) in [6.45, 7) is 7.41. The number of hydrogen-bond donors (Lipinski definition) is 0. The molecule has 2 aliphatic rings. The topological polar surface area (TPSA) is 80.8 Å². The van der Waals surface area contributed by atoms with Crippen LogP contribution in [0.5, 0.6) is 0 Å². The molecule has 6 nitrogen and oxygen atoms in total. The zero-order chi connectivity index (χ0) is 24.0. The maximum absolute atomic E-state index is 12.8. The van der Waals surface area contributed by atoms with Gasteiger partial charge in [-0.25, -0.2) is 8.42 Å². The van der Waals surface area contributed by atoms with Crippen LogP contribution in [0.1, 0.15) is 64.9 Å². The van der Waals surface area contributed by atoms with Crippen LogP contribution in [0.25, 0.3) is 0 Å². The fourth-order valence-electron chi connectivity index (χ4n) is 4.98. The zero-order valence-electron chi connectivity index (χ0n) is 20.3. The van der Waals surface area contributed by atoms with Gasteiger partial charge in [0.2, 0.25) is 0 Å². The number of anilines is 1. The summed E-state index contributed by atoms with van der Waals surface area (Å²) in [5.41, 5.74) is 2.15. The molecule has 0 aromatic heterocycles. The molecule has 0 spiro atoms. The molecule has 0 bridgehead atoms. The first-order valence-electron chi connectivity index (χ1n) is 12.4. The third-order valence-electron chi connectivity index (χ3n) is 7.28. The molecule has 1 aromatic rings. The standard InChI is InChI=1S/C26H39NO5S/c1-4-32-26(29)23-13-15-27(16-14-23)24-11-7-20(8-12-24)17-25(28)22-9-5-21(6-10-22)18-33(30,31)19(2)3/h7-8,11-12,19,21-23H,4-6,9-10,13-18H2,1-3H3. The molecule has 184 valence electrons. The lowest BCUT2D eigenvalue weighted by Gasteiger charge is -2.32. The fourth-order valence-corrected chi connectivity index (χ4v) is 6.35. The lowest BCUT2D eigenvalue weighted by molar-refractivity contribution is -0.148. The van der Waals surface area contributed by atoms with E-state index in [4.69, 9.17) is 4.74 Å². The number of piperidine rings is 1. The Balaban J connectivity index is 1.45. The smallest absolute Gasteiger partial charge is 0.309 e. The molecule has 1 heterocycles. The van der Waals surface area contributed by atoms with Crippen molar-refractivity contribution < 1.29 is 22.7 Å². The van der Waals surface area contributed by atoms with Gasteiger partial charge in [0.25, 0.3) is 0 Å². The summed E-state index contributed by atoms with van der Waals surface area (Å²) in [6.07, 6.45) is 5.28. The van der Waals surface area contributed by atoms with Crippen molar-refractivity contribution in [3.05, 3.63) is 29.8 Å². The number of hydrogen-bond acceptors (Lipinski definition) is 6. The van der Waals surface area contributed by atoms with Crippen LogP contribution in [0, 0.1) is 17.8 Å². The van der Waals surface area contributed by atoms with Crippen LogP contribution in [0.4, 0.5) is 5.69 Å². The van der Waals surface area contributed by atoms with Gasteiger partial charge in [-0.3, -0.25) is 9.59 Å². The molecule has 3 rings (SSSR count). The molecule has 1 aliphatic heterocycles. The highest BCUT2D eigenvalue weighted by Gasteiger charge is 2.30. The van der Waals surface area contributed by atoms with Crippen LogP contribution in [0.3, 0.4) is 0 Å². The molecule has 0 unspecified atom stereocenters. The van der Waals surface area contributed by atoms with Crippen LogP contribution in [-0.2, 0) is 30.6 Å². The van der Waals surface area contributed by atoms with E-state index in [0.717, 1.165) is 62.9 Å². The molecular weight excluding hydrogens is 438 g/mol. The molecule has 33 heavy (non-hydrogen) atoms. The molecule has 0 radical (unpaired) electrons. The highest BCUT2D eigenvalue weighted by atomic mass is 32.2. The van der Waals surface area contributed by atoms with Gasteiger partial charge in [0.05, 0.1) is 23.5 Å². The number of rotatable bonds is 9. The average molecular weight is 478 g/mol. The lowest BCUT2D eigenvalue weighted by atomic mass is 9.79. The van der Waals surface area contributed by atoms with Crippen molar-refractivity contribution in [1.82, 2.24) is 0 Å². The number of nitrogens with zero attached hydrogens (tertiary/aromatic N) is 1. The predicted octanol–water partition coefficient (Wildman–Crippen LogP) is 4.21. The summed E-state index contributed by atoms with van der Waals surface area (Å²) in [4.78, 5) is 27.0. The molecule has 1 saturated heterocycles. The van der Waals surface area contributed by atoms with Gasteiger partial charge in [0.1, 0.15) is 5.78 Å². The van der Waals surface area contributed by atoms with Crippen LogP contribution in [0.2, 0.25) is 0 Å². The second-order valence-corrected chi connectivity index (χ2v) is 12.5. The minimum atomic E-state index is -3.02. The number of esters is 1. The summed E-state index contributed by atoms with van der Waals surface area (Å²) >= 11 is 0. The third-order valence-corrected chi connectivity index (χ3v) is 9.66. The predicted molar refractivity (Wildman–Crippen MR) is 131 cm³/mol. The Morgan fingerprint density at radius 2 is 1.58 bits per heavy atom. The van der Waals surface area contributed by atoms with Crippen molar-refractivity contribution >= 4 is 27.3 Å². The van der Waals surface area contributed by atoms with Gasteiger partial charge < -0.3 is 9.64 Å². The molecule has 1 aliphatic carbocycles. The lowest BCUT2D eigenvalue weighted by Crippen LogP contribution is -2.36. The Kier molecular flexibility index (Phi) is 8.96. The van der Waals surface area contributed by atoms with Crippen molar-refractivity contribution in [2.24, 2.45) is 17.8 Å². The zero-order valence-corrected chi connectivity index (χ0v) is 21.1.